The third-order valence-electron chi connectivity index (χ3n) is 3.31. The van der Waals surface area contributed by atoms with Gasteiger partial charge in [-0.05, 0) is 36.6 Å². The molecule has 5 heteroatoms. The van der Waals surface area contributed by atoms with Crippen LogP contribution in [0.2, 0.25) is 0 Å². The molecule has 1 aliphatic rings. The van der Waals surface area contributed by atoms with E-state index in [1.807, 2.05) is 0 Å². The molecule has 1 atom stereocenters. The Labute approximate surface area is 105 Å². The number of nitrogens with zero attached hydrogens (tertiary/aromatic N) is 1. The number of hydrogen-bond acceptors (Lipinski definition) is 2. The van der Waals surface area contributed by atoms with E-state index in [4.69, 9.17) is 5.73 Å². The fourth-order valence-corrected chi connectivity index (χ4v) is 2.19. The van der Waals surface area contributed by atoms with Crippen LogP contribution in [-0.2, 0) is 11.2 Å². The lowest BCUT2D eigenvalue weighted by molar-refractivity contribution is -0.129. The molecule has 1 amide bonds. The minimum Gasteiger partial charge on any atom is -0.342 e. The SMILES string of the molecule is NC[C@@H]1CCN(C(=O)Cc2ccc(F)c(F)c2)C1. The molecule has 1 fully saturated rings. The van der Waals surface area contributed by atoms with Crippen LogP contribution in [-0.4, -0.2) is 30.4 Å². The number of amides is 1. The summed E-state index contributed by atoms with van der Waals surface area (Å²) in [6, 6.07) is 3.56. The number of nitrogens with two attached hydrogens (primary N) is 1. The van der Waals surface area contributed by atoms with Crippen molar-refractivity contribution in [1.82, 2.24) is 4.90 Å². The van der Waals surface area contributed by atoms with E-state index in [0.717, 1.165) is 18.6 Å². The quantitative estimate of drug-likeness (QED) is 0.884. The maximum Gasteiger partial charge on any atom is 0.227 e. The maximum atomic E-state index is 13.0. The molecule has 0 radical (unpaired) electrons. The van der Waals surface area contributed by atoms with Crippen molar-refractivity contribution in [2.24, 2.45) is 11.7 Å². The molecule has 98 valence electrons. The Bertz CT molecular complexity index is 451. The zero-order valence-electron chi connectivity index (χ0n) is 10.0. The topological polar surface area (TPSA) is 46.3 Å². The van der Waals surface area contributed by atoms with Crippen LogP contribution >= 0.6 is 0 Å². The molecule has 0 saturated carbocycles. The Morgan fingerprint density at radius 3 is 2.78 bits per heavy atom. The Kier molecular flexibility index (Phi) is 3.91. The molecule has 0 bridgehead atoms. The highest BCUT2D eigenvalue weighted by atomic mass is 19.2. The highest BCUT2D eigenvalue weighted by Crippen LogP contribution is 2.17. The molecule has 1 saturated heterocycles. The predicted molar refractivity (Wildman–Crippen MR) is 63.8 cm³/mol. The van der Waals surface area contributed by atoms with Gasteiger partial charge in [0.1, 0.15) is 0 Å². The minimum absolute atomic E-state index is 0.0584. The second-order valence-electron chi connectivity index (χ2n) is 4.66. The number of benzene rings is 1. The predicted octanol–water partition coefficient (Wildman–Crippen LogP) is 1.31. The fourth-order valence-electron chi connectivity index (χ4n) is 2.19. The van der Waals surface area contributed by atoms with Crippen LogP contribution in [0.1, 0.15) is 12.0 Å². The first-order valence-corrected chi connectivity index (χ1v) is 6.02. The smallest absolute Gasteiger partial charge is 0.227 e. The summed E-state index contributed by atoms with van der Waals surface area (Å²) in [6.07, 6.45) is 1.02. The number of carbonyl (C=O) groups excluding carboxylic acids is 1. The van der Waals surface area contributed by atoms with Crippen LogP contribution in [0.3, 0.4) is 0 Å². The van der Waals surface area contributed by atoms with Crippen molar-refractivity contribution < 1.29 is 13.6 Å². The third-order valence-corrected chi connectivity index (χ3v) is 3.31. The van der Waals surface area contributed by atoms with Gasteiger partial charge >= 0.3 is 0 Å². The van der Waals surface area contributed by atoms with Gasteiger partial charge in [0.05, 0.1) is 6.42 Å². The first-order chi connectivity index (χ1) is 8.60. The largest absolute Gasteiger partial charge is 0.342 e. The fraction of sp³-hybridized carbons (Fsp3) is 0.462. The molecule has 2 rings (SSSR count). The van der Waals surface area contributed by atoms with E-state index in [9.17, 15) is 13.6 Å². The van der Waals surface area contributed by atoms with E-state index in [1.165, 1.54) is 6.07 Å². The van der Waals surface area contributed by atoms with Crippen molar-refractivity contribution in [2.75, 3.05) is 19.6 Å². The van der Waals surface area contributed by atoms with Gasteiger partial charge in [0.2, 0.25) is 5.91 Å². The molecule has 2 N–H and O–H groups in total. The lowest BCUT2D eigenvalue weighted by atomic mass is 10.1. The zero-order valence-corrected chi connectivity index (χ0v) is 10.0. The maximum absolute atomic E-state index is 13.0. The van der Waals surface area contributed by atoms with Crippen LogP contribution in [0.25, 0.3) is 0 Å². The summed E-state index contributed by atoms with van der Waals surface area (Å²) >= 11 is 0. The summed E-state index contributed by atoms with van der Waals surface area (Å²) in [6.45, 7) is 1.94. The van der Waals surface area contributed by atoms with E-state index < -0.39 is 11.6 Å². The second-order valence-corrected chi connectivity index (χ2v) is 4.66. The van der Waals surface area contributed by atoms with Gasteiger partial charge in [0.15, 0.2) is 11.6 Å². The van der Waals surface area contributed by atoms with Crippen LogP contribution < -0.4 is 5.73 Å². The third kappa shape index (κ3) is 2.85. The first-order valence-electron chi connectivity index (χ1n) is 6.02. The molecule has 1 aliphatic heterocycles. The summed E-state index contributed by atoms with van der Waals surface area (Å²) in [5.74, 6) is -1.51. The molecule has 1 aromatic rings. The minimum atomic E-state index is -0.915. The molecule has 3 nitrogen and oxygen atoms in total. The highest BCUT2D eigenvalue weighted by Gasteiger charge is 2.25. The van der Waals surface area contributed by atoms with Gasteiger partial charge in [-0.15, -0.1) is 0 Å². The van der Waals surface area contributed by atoms with Gasteiger partial charge < -0.3 is 10.6 Å². The number of carbonyl (C=O) groups is 1. The van der Waals surface area contributed by atoms with E-state index in [2.05, 4.69) is 0 Å². The summed E-state index contributed by atoms with van der Waals surface area (Å²) in [7, 11) is 0. The molecule has 0 aliphatic carbocycles. The molecule has 0 aromatic heterocycles. The lowest BCUT2D eigenvalue weighted by Crippen LogP contribution is -2.31. The van der Waals surface area contributed by atoms with Crippen molar-refractivity contribution in [3.63, 3.8) is 0 Å². The Morgan fingerprint density at radius 1 is 1.39 bits per heavy atom. The van der Waals surface area contributed by atoms with Crippen LogP contribution in [0.5, 0.6) is 0 Å². The van der Waals surface area contributed by atoms with E-state index >= 15 is 0 Å². The normalized spacial score (nSPS) is 19.3. The molecule has 1 aromatic carbocycles. The standard InChI is InChI=1S/C13H16F2N2O/c14-11-2-1-9(5-12(11)15)6-13(18)17-4-3-10(7-16)8-17/h1-2,5,10H,3-4,6-8,16H2/t10-/m0/s1. The van der Waals surface area contributed by atoms with Gasteiger partial charge in [-0.3, -0.25) is 4.79 Å². The zero-order chi connectivity index (χ0) is 13.1. The lowest BCUT2D eigenvalue weighted by Gasteiger charge is -2.16. The van der Waals surface area contributed by atoms with Gasteiger partial charge in [0, 0.05) is 13.1 Å². The molecule has 0 unspecified atom stereocenters. The van der Waals surface area contributed by atoms with E-state index in [-0.39, 0.29) is 12.3 Å². The van der Waals surface area contributed by atoms with Crippen molar-refractivity contribution in [3.05, 3.63) is 35.4 Å². The first kappa shape index (κ1) is 13.0. The summed E-state index contributed by atoms with van der Waals surface area (Å²) < 4.78 is 25.8. The van der Waals surface area contributed by atoms with Crippen molar-refractivity contribution in [2.45, 2.75) is 12.8 Å². The van der Waals surface area contributed by atoms with E-state index in [1.54, 1.807) is 4.90 Å². The monoisotopic (exact) mass is 254 g/mol. The molecule has 1 heterocycles. The Hall–Kier alpha value is -1.49. The summed E-state index contributed by atoms with van der Waals surface area (Å²) in [4.78, 5) is 13.7. The Morgan fingerprint density at radius 2 is 2.17 bits per heavy atom. The van der Waals surface area contributed by atoms with Gasteiger partial charge in [-0.25, -0.2) is 8.78 Å². The summed E-state index contributed by atoms with van der Waals surface area (Å²) in [5, 5.41) is 0. The second kappa shape index (κ2) is 5.44. The number of halogens is 2. The average Bonchev–Trinajstić information content (AvgIpc) is 2.82. The number of rotatable bonds is 3. The summed E-state index contributed by atoms with van der Waals surface area (Å²) in [5.41, 5.74) is 6.05. The Balaban J connectivity index is 1.97. The van der Waals surface area contributed by atoms with Crippen LogP contribution in [0, 0.1) is 17.6 Å². The average molecular weight is 254 g/mol. The molecular weight excluding hydrogens is 238 g/mol. The number of hydrogen-bond donors (Lipinski definition) is 1. The highest BCUT2D eigenvalue weighted by molar-refractivity contribution is 5.79. The van der Waals surface area contributed by atoms with Crippen molar-refractivity contribution >= 4 is 5.91 Å². The van der Waals surface area contributed by atoms with Gasteiger partial charge in [0.25, 0.3) is 0 Å². The number of likely N-dealkylation sites (tertiary alicyclic amines) is 1. The van der Waals surface area contributed by atoms with E-state index in [0.29, 0.717) is 31.1 Å². The molecule has 0 spiro atoms. The molecule has 18 heavy (non-hydrogen) atoms. The van der Waals surface area contributed by atoms with Crippen molar-refractivity contribution in [1.29, 1.82) is 0 Å². The van der Waals surface area contributed by atoms with Crippen molar-refractivity contribution in [3.8, 4) is 0 Å². The van der Waals surface area contributed by atoms with Gasteiger partial charge in [-0.2, -0.15) is 0 Å². The molecular formula is C13H16F2N2O. The van der Waals surface area contributed by atoms with Crippen LogP contribution in [0.4, 0.5) is 8.78 Å². The van der Waals surface area contributed by atoms with Gasteiger partial charge in [-0.1, -0.05) is 6.07 Å². The van der Waals surface area contributed by atoms with Crippen LogP contribution in [0.15, 0.2) is 18.2 Å².